The summed E-state index contributed by atoms with van der Waals surface area (Å²) >= 11 is 1.44. The molecule has 7 nitrogen and oxygen atoms in total. The Balaban J connectivity index is 1.41. The normalized spacial score (nSPS) is 12.3. The molecule has 0 saturated heterocycles. The van der Waals surface area contributed by atoms with E-state index in [4.69, 9.17) is 0 Å². The molecule has 0 radical (unpaired) electrons. The zero-order valence-electron chi connectivity index (χ0n) is 15.8. The van der Waals surface area contributed by atoms with Crippen molar-refractivity contribution in [3.63, 3.8) is 0 Å². The van der Waals surface area contributed by atoms with Crippen LogP contribution in [0.1, 0.15) is 10.4 Å². The number of carbonyl (C=O) groups excluding carboxylic acids is 3. The van der Waals surface area contributed by atoms with Crippen molar-refractivity contribution >= 4 is 52.4 Å². The van der Waals surface area contributed by atoms with Crippen LogP contribution in [-0.2, 0) is 4.79 Å². The minimum Gasteiger partial charge on any atom is -0.324 e. The van der Waals surface area contributed by atoms with Gasteiger partial charge in [0.1, 0.15) is 0 Å². The van der Waals surface area contributed by atoms with Crippen molar-refractivity contribution in [3.8, 4) is 0 Å². The maximum atomic E-state index is 12.6. The van der Waals surface area contributed by atoms with Crippen LogP contribution in [0, 0.1) is 0 Å². The summed E-state index contributed by atoms with van der Waals surface area (Å²) in [4.78, 5) is 37.3. The standard InChI is InChI=1S/C22H18N4O3S/c27-20-13-30-19-10-9-14(11-18(19)26-20)21(28)23-16-7-4-8-17(12-16)25-22(29)24-15-5-2-1-3-6-15/h1-12H,13H2,(H,23,28)(H,26,27)(H2,24,25,29). The molecule has 0 aliphatic carbocycles. The molecule has 0 saturated carbocycles. The van der Waals surface area contributed by atoms with E-state index in [1.807, 2.05) is 24.3 Å². The Morgan fingerprint density at radius 1 is 0.800 bits per heavy atom. The van der Waals surface area contributed by atoms with Crippen LogP contribution in [0.25, 0.3) is 0 Å². The Hall–Kier alpha value is -3.78. The lowest BCUT2D eigenvalue weighted by Crippen LogP contribution is -2.20. The summed E-state index contributed by atoms with van der Waals surface area (Å²) in [5, 5.41) is 11.1. The van der Waals surface area contributed by atoms with Gasteiger partial charge in [-0.3, -0.25) is 9.59 Å². The number of carbonyl (C=O) groups is 3. The van der Waals surface area contributed by atoms with E-state index >= 15 is 0 Å². The number of para-hydroxylation sites is 1. The first-order chi connectivity index (χ1) is 14.6. The van der Waals surface area contributed by atoms with Gasteiger partial charge in [-0.05, 0) is 48.5 Å². The third-order valence-corrected chi connectivity index (χ3v) is 5.36. The number of fused-ring (bicyclic) bond motifs is 1. The number of thioether (sulfide) groups is 1. The molecule has 4 rings (SSSR count). The van der Waals surface area contributed by atoms with E-state index in [0.29, 0.717) is 34.1 Å². The topological polar surface area (TPSA) is 99.3 Å². The lowest BCUT2D eigenvalue weighted by Gasteiger charge is -2.17. The van der Waals surface area contributed by atoms with E-state index in [0.717, 1.165) is 4.90 Å². The number of anilines is 4. The van der Waals surface area contributed by atoms with Gasteiger partial charge in [-0.2, -0.15) is 0 Å². The van der Waals surface area contributed by atoms with E-state index in [-0.39, 0.29) is 17.8 Å². The Morgan fingerprint density at radius 2 is 1.50 bits per heavy atom. The molecule has 0 unspecified atom stereocenters. The molecule has 4 N–H and O–H groups in total. The fourth-order valence-corrected chi connectivity index (χ4v) is 3.71. The average Bonchev–Trinajstić information content (AvgIpc) is 2.74. The highest BCUT2D eigenvalue weighted by molar-refractivity contribution is 8.00. The highest BCUT2D eigenvalue weighted by Gasteiger charge is 2.17. The van der Waals surface area contributed by atoms with Crippen LogP contribution in [0.15, 0.2) is 77.7 Å². The summed E-state index contributed by atoms with van der Waals surface area (Å²) in [6.07, 6.45) is 0. The zero-order valence-corrected chi connectivity index (χ0v) is 16.6. The number of hydrogen-bond acceptors (Lipinski definition) is 4. The second-order valence-corrected chi connectivity index (χ2v) is 7.55. The molecule has 1 aliphatic heterocycles. The zero-order chi connectivity index (χ0) is 20.9. The summed E-state index contributed by atoms with van der Waals surface area (Å²) in [6.45, 7) is 0. The summed E-state index contributed by atoms with van der Waals surface area (Å²) in [5.74, 6) is -0.0259. The summed E-state index contributed by atoms with van der Waals surface area (Å²) < 4.78 is 0. The van der Waals surface area contributed by atoms with Crippen molar-refractivity contribution in [1.29, 1.82) is 0 Å². The van der Waals surface area contributed by atoms with Gasteiger partial charge >= 0.3 is 6.03 Å². The first-order valence-corrected chi connectivity index (χ1v) is 10.2. The monoisotopic (exact) mass is 418 g/mol. The van der Waals surface area contributed by atoms with Gasteiger partial charge in [-0.25, -0.2) is 4.79 Å². The lowest BCUT2D eigenvalue weighted by molar-refractivity contribution is -0.113. The van der Waals surface area contributed by atoms with Gasteiger partial charge in [0.2, 0.25) is 5.91 Å². The molecular weight excluding hydrogens is 400 g/mol. The van der Waals surface area contributed by atoms with Crippen molar-refractivity contribution in [3.05, 3.63) is 78.4 Å². The summed E-state index contributed by atoms with van der Waals surface area (Å²) in [7, 11) is 0. The molecule has 3 aromatic carbocycles. The second-order valence-electron chi connectivity index (χ2n) is 6.53. The van der Waals surface area contributed by atoms with Crippen LogP contribution >= 0.6 is 11.8 Å². The van der Waals surface area contributed by atoms with Crippen LogP contribution in [-0.4, -0.2) is 23.6 Å². The van der Waals surface area contributed by atoms with Gasteiger partial charge in [0.05, 0.1) is 11.4 Å². The highest BCUT2D eigenvalue weighted by atomic mass is 32.2. The van der Waals surface area contributed by atoms with Crippen molar-refractivity contribution in [2.24, 2.45) is 0 Å². The number of benzene rings is 3. The molecule has 0 fully saturated rings. The number of rotatable bonds is 4. The molecule has 1 aliphatic rings. The Bertz CT molecular complexity index is 1120. The third kappa shape index (κ3) is 4.79. The Kier molecular flexibility index (Phi) is 5.67. The number of hydrogen-bond donors (Lipinski definition) is 4. The lowest BCUT2D eigenvalue weighted by atomic mass is 10.1. The van der Waals surface area contributed by atoms with E-state index < -0.39 is 0 Å². The number of urea groups is 1. The number of nitrogens with one attached hydrogen (secondary N) is 4. The van der Waals surface area contributed by atoms with E-state index in [9.17, 15) is 14.4 Å². The van der Waals surface area contributed by atoms with Crippen LogP contribution in [0.3, 0.4) is 0 Å². The third-order valence-electron chi connectivity index (χ3n) is 4.28. The van der Waals surface area contributed by atoms with Crippen molar-refractivity contribution in [2.75, 3.05) is 27.0 Å². The maximum absolute atomic E-state index is 12.6. The second kappa shape index (κ2) is 8.71. The predicted molar refractivity (Wildman–Crippen MR) is 119 cm³/mol. The molecule has 0 atom stereocenters. The van der Waals surface area contributed by atoms with Gasteiger partial charge < -0.3 is 21.3 Å². The smallest absolute Gasteiger partial charge is 0.323 e. The molecule has 0 bridgehead atoms. The molecule has 1 heterocycles. The first kappa shape index (κ1) is 19.5. The van der Waals surface area contributed by atoms with Gasteiger partial charge in [-0.1, -0.05) is 24.3 Å². The minimum atomic E-state index is -0.382. The molecule has 3 aromatic rings. The quantitative estimate of drug-likeness (QED) is 0.496. The largest absolute Gasteiger partial charge is 0.324 e. The predicted octanol–water partition coefficient (Wildman–Crippen LogP) is 4.63. The van der Waals surface area contributed by atoms with Gasteiger partial charge in [-0.15, -0.1) is 11.8 Å². The minimum absolute atomic E-state index is 0.0855. The van der Waals surface area contributed by atoms with Gasteiger partial charge in [0.15, 0.2) is 0 Å². The van der Waals surface area contributed by atoms with Crippen molar-refractivity contribution in [2.45, 2.75) is 4.90 Å². The molecule has 0 aromatic heterocycles. The van der Waals surface area contributed by atoms with Crippen LogP contribution < -0.4 is 21.3 Å². The average molecular weight is 418 g/mol. The molecule has 4 amide bonds. The summed E-state index contributed by atoms with van der Waals surface area (Å²) in [5.41, 5.74) is 2.81. The van der Waals surface area contributed by atoms with Crippen LogP contribution in [0.5, 0.6) is 0 Å². The highest BCUT2D eigenvalue weighted by Crippen LogP contribution is 2.32. The fraction of sp³-hybridized carbons (Fsp3) is 0.0455. The SMILES string of the molecule is O=C1CSc2ccc(C(=O)Nc3cccc(NC(=O)Nc4ccccc4)c3)cc2N1. The van der Waals surface area contributed by atoms with Crippen LogP contribution in [0.4, 0.5) is 27.5 Å². The molecule has 150 valence electrons. The fourth-order valence-electron chi connectivity index (χ4n) is 2.92. The Morgan fingerprint density at radius 3 is 2.30 bits per heavy atom. The van der Waals surface area contributed by atoms with E-state index in [2.05, 4.69) is 21.3 Å². The molecule has 0 spiro atoms. The van der Waals surface area contributed by atoms with Crippen molar-refractivity contribution in [1.82, 2.24) is 0 Å². The Labute approximate surface area is 177 Å². The molecule has 30 heavy (non-hydrogen) atoms. The van der Waals surface area contributed by atoms with Crippen LogP contribution in [0.2, 0.25) is 0 Å². The van der Waals surface area contributed by atoms with Crippen molar-refractivity contribution < 1.29 is 14.4 Å². The first-order valence-electron chi connectivity index (χ1n) is 9.18. The number of amides is 4. The van der Waals surface area contributed by atoms with Gasteiger partial charge in [0, 0.05) is 27.5 Å². The summed E-state index contributed by atoms with van der Waals surface area (Å²) in [6, 6.07) is 20.8. The molecular formula is C22H18N4O3S. The maximum Gasteiger partial charge on any atom is 0.323 e. The van der Waals surface area contributed by atoms with E-state index in [1.165, 1.54) is 11.8 Å². The van der Waals surface area contributed by atoms with E-state index in [1.54, 1.807) is 48.5 Å². The van der Waals surface area contributed by atoms with Gasteiger partial charge in [0.25, 0.3) is 5.91 Å². The molecule has 8 heteroatoms.